The zero-order chi connectivity index (χ0) is 14.4. The van der Waals surface area contributed by atoms with E-state index in [1.54, 1.807) is 6.07 Å². The molecule has 19 heavy (non-hydrogen) atoms. The summed E-state index contributed by atoms with van der Waals surface area (Å²) in [6.45, 7) is 6.93. The van der Waals surface area contributed by atoms with Gasteiger partial charge >= 0.3 is 5.97 Å². The molecule has 1 aromatic rings. The van der Waals surface area contributed by atoms with Crippen molar-refractivity contribution in [3.63, 3.8) is 0 Å². The van der Waals surface area contributed by atoms with Gasteiger partial charge in [-0.2, -0.15) is 0 Å². The average molecular weight is 265 g/mol. The number of nitrogens with zero attached hydrogens (tertiary/aromatic N) is 1. The van der Waals surface area contributed by atoms with Gasteiger partial charge in [0.05, 0.1) is 0 Å². The van der Waals surface area contributed by atoms with Crippen LogP contribution in [0.15, 0.2) is 16.9 Å². The number of aryl methyl sites for hydroxylation is 1. The van der Waals surface area contributed by atoms with Crippen LogP contribution < -0.4 is 5.56 Å². The lowest BCUT2D eigenvalue weighted by Gasteiger charge is -2.16. The highest BCUT2D eigenvalue weighted by Gasteiger charge is 2.12. The van der Waals surface area contributed by atoms with Gasteiger partial charge in [0.1, 0.15) is 0 Å². The Labute approximate surface area is 114 Å². The van der Waals surface area contributed by atoms with E-state index in [1.165, 1.54) is 0 Å². The molecule has 1 rings (SSSR count). The van der Waals surface area contributed by atoms with Crippen LogP contribution in [0.2, 0.25) is 0 Å². The molecule has 0 atom stereocenters. The van der Waals surface area contributed by atoms with Crippen LogP contribution in [0.1, 0.15) is 57.2 Å². The van der Waals surface area contributed by atoms with Crippen molar-refractivity contribution in [3.8, 4) is 0 Å². The summed E-state index contributed by atoms with van der Waals surface area (Å²) in [6.07, 6.45) is 2.30. The largest absolute Gasteiger partial charge is 0.481 e. The summed E-state index contributed by atoms with van der Waals surface area (Å²) in [4.78, 5) is 23.0. The highest BCUT2D eigenvalue weighted by atomic mass is 16.4. The fourth-order valence-corrected chi connectivity index (χ4v) is 2.12. The van der Waals surface area contributed by atoms with Gasteiger partial charge in [-0.05, 0) is 24.8 Å². The van der Waals surface area contributed by atoms with Gasteiger partial charge in [-0.3, -0.25) is 9.59 Å². The van der Waals surface area contributed by atoms with E-state index in [-0.39, 0.29) is 17.9 Å². The zero-order valence-electron chi connectivity index (χ0n) is 12.0. The van der Waals surface area contributed by atoms with Crippen molar-refractivity contribution >= 4 is 5.97 Å². The molecule has 4 heteroatoms. The Morgan fingerprint density at radius 1 is 1.37 bits per heavy atom. The molecule has 0 aliphatic heterocycles. The topological polar surface area (TPSA) is 59.3 Å². The van der Waals surface area contributed by atoms with Crippen LogP contribution in [-0.4, -0.2) is 15.6 Å². The van der Waals surface area contributed by atoms with Gasteiger partial charge in [0.2, 0.25) is 0 Å². The molecule has 4 nitrogen and oxygen atoms in total. The van der Waals surface area contributed by atoms with Crippen LogP contribution in [0.4, 0.5) is 0 Å². The van der Waals surface area contributed by atoms with Crippen LogP contribution >= 0.6 is 0 Å². The van der Waals surface area contributed by atoms with E-state index in [0.717, 1.165) is 18.5 Å². The Morgan fingerprint density at radius 2 is 2.05 bits per heavy atom. The van der Waals surface area contributed by atoms with Crippen LogP contribution in [-0.2, 0) is 17.8 Å². The number of carboxylic acids is 1. The number of hydrogen-bond donors (Lipinski definition) is 1. The van der Waals surface area contributed by atoms with Gasteiger partial charge in [-0.1, -0.05) is 33.3 Å². The van der Waals surface area contributed by atoms with Gasteiger partial charge in [0.25, 0.3) is 5.56 Å². The van der Waals surface area contributed by atoms with Crippen molar-refractivity contribution in [1.29, 1.82) is 0 Å². The first-order valence-electron chi connectivity index (χ1n) is 6.91. The molecular weight excluding hydrogens is 242 g/mol. The number of rotatable bonds is 7. The van der Waals surface area contributed by atoms with E-state index < -0.39 is 5.97 Å². The second-order valence-corrected chi connectivity index (χ2v) is 5.14. The number of unbranched alkanes of at least 4 members (excludes halogenated alkanes) is 1. The SMILES string of the molecule is CCCCn1c(C(C)C)ccc(CCC(=O)O)c1=O. The Kier molecular flexibility index (Phi) is 5.80. The molecule has 1 N–H and O–H groups in total. The molecule has 0 radical (unpaired) electrons. The van der Waals surface area contributed by atoms with Crippen LogP contribution in [0.25, 0.3) is 0 Å². The minimum absolute atomic E-state index is 0.00401. The van der Waals surface area contributed by atoms with Gasteiger partial charge < -0.3 is 9.67 Å². The molecule has 0 bridgehead atoms. The molecule has 1 heterocycles. The summed E-state index contributed by atoms with van der Waals surface area (Å²) in [5, 5.41) is 8.71. The van der Waals surface area contributed by atoms with Crippen molar-refractivity contribution < 1.29 is 9.90 Å². The molecule has 0 saturated heterocycles. The zero-order valence-corrected chi connectivity index (χ0v) is 12.0. The molecular formula is C15H23NO3. The van der Waals surface area contributed by atoms with Crippen LogP contribution in [0.5, 0.6) is 0 Å². The molecule has 0 amide bonds. The van der Waals surface area contributed by atoms with Crippen molar-refractivity contribution in [2.45, 2.75) is 58.9 Å². The Morgan fingerprint density at radius 3 is 2.58 bits per heavy atom. The van der Waals surface area contributed by atoms with E-state index in [0.29, 0.717) is 18.5 Å². The van der Waals surface area contributed by atoms with E-state index in [4.69, 9.17) is 5.11 Å². The summed E-state index contributed by atoms with van der Waals surface area (Å²) in [7, 11) is 0. The molecule has 1 aromatic heterocycles. The maximum atomic E-state index is 12.4. The molecule has 106 valence electrons. The molecule has 0 aromatic carbocycles. The van der Waals surface area contributed by atoms with Gasteiger partial charge in [-0.25, -0.2) is 0 Å². The molecule has 0 fully saturated rings. The second-order valence-electron chi connectivity index (χ2n) is 5.14. The van der Waals surface area contributed by atoms with E-state index in [2.05, 4.69) is 20.8 Å². The third kappa shape index (κ3) is 4.23. The van der Waals surface area contributed by atoms with E-state index in [1.807, 2.05) is 10.6 Å². The molecule has 0 spiro atoms. The summed E-state index contributed by atoms with van der Waals surface area (Å²) in [6, 6.07) is 3.74. The highest BCUT2D eigenvalue weighted by Crippen LogP contribution is 2.14. The standard InChI is InChI=1S/C15H23NO3/c1-4-5-10-16-13(11(2)3)8-6-12(15(16)19)7-9-14(17)18/h6,8,11H,4-5,7,9-10H2,1-3H3,(H,17,18). The van der Waals surface area contributed by atoms with Crippen molar-refractivity contribution in [1.82, 2.24) is 4.57 Å². The van der Waals surface area contributed by atoms with Crippen LogP contribution in [0.3, 0.4) is 0 Å². The number of aromatic nitrogens is 1. The second kappa shape index (κ2) is 7.12. The van der Waals surface area contributed by atoms with E-state index >= 15 is 0 Å². The summed E-state index contributed by atoms with van der Waals surface area (Å²) in [5.41, 5.74) is 1.60. The minimum atomic E-state index is -0.868. The summed E-state index contributed by atoms with van der Waals surface area (Å²) >= 11 is 0. The van der Waals surface area contributed by atoms with Crippen molar-refractivity contribution in [3.05, 3.63) is 33.7 Å². The average Bonchev–Trinajstić information content (AvgIpc) is 2.35. The number of hydrogen-bond acceptors (Lipinski definition) is 2. The van der Waals surface area contributed by atoms with Gasteiger partial charge in [0, 0.05) is 24.2 Å². The number of pyridine rings is 1. The van der Waals surface area contributed by atoms with Gasteiger partial charge in [-0.15, -0.1) is 0 Å². The van der Waals surface area contributed by atoms with Crippen molar-refractivity contribution in [2.24, 2.45) is 0 Å². The molecule has 0 unspecified atom stereocenters. The fourth-order valence-electron chi connectivity index (χ4n) is 2.12. The summed E-state index contributed by atoms with van der Waals surface area (Å²) < 4.78 is 1.81. The van der Waals surface area contributed by atoms with Crippen molar-refractivity contribution in [2.75, 3.05) is 0 Å². The lowest BCUT2D eigenvalue weighted by molar-refractivity contribution is -0.136. The predicted molar refractivity (Wildman–Crippen MR) is 75.7 cm³/mol. The fraction of sp³-hybridized carbons (Fsp3) is 0.600. The van der Waals surface area contributed by atoms with Crippen LogP contribution in [0, 0.1) is 0 Å². The number of carboxylic acid groups (broad SMARTS) is 1. The monoisotopic (exact) mass is 265 g/mol. The highest BCUT2D eigenvalue weighted by molar-refractivity contribution is 5.67. The summed E-state index contributed by atoms with van der Waals surface area (Å²) in [5.74, 6) is -0.578. The van der Waals surface area contributed by atoms with Gasteiger partial charge in [0.15, 0.2) is 0 Å². The Hall–Kier alpha value is -1.58. The first-order chi connectivity index (χ1) is 8.97. The lowest BCUT2D eigenvalue weighted by Crippen LogP contribution is -2.27. The smallest absolute Gasteiger partial charge is 0.303 e. The third-order valence-corrected chi connectivity index (χ3v) is 3.22. The Balaban J connectivity index is 3.10. The first-order valence-corrected chi connectivity index (χ1v) is 6.91. The molecule has 0 saturated carbocycles. The first kappa shape index (κ1) is 15.5. The third-order valence-electron chi connectivity index (χ3n) is 3.22. The Bertz CT molecular complexity index is 489. The minimum Gasteiger partial charge on any atom is -0.481 e. The number of carbonyl (C=O) groups is 1. The lowest BCUT2D eigenvalue weighted by atomic mass is 10.1. The number of aliphatic carboxylic acids is 1. The maximum absolute atomic E-state index is 12.4. The maximum Gasteiger partial charge on any atom is 0.303 e. The quantitative estimate of drug-likeness (QED) is 0.824. The molecule has 0 aliphatic carbocycles. The normalized spacial score (nSPS) is 10.9. The molecule has 0 aliphatic rings. The van der Waals surface area contributed by atoms with E-state index in [9.17, 15) is 9.59 Å². The predicted octanol–water partition coefficient (Wildman–Crippen LogP) is 2.79.